The summed E-state index contributed by atoms with van der Waals surface area (Å²) in [4.78, 5) is 21.7. The molecule has 2 unspecified atom stereocenters. The molecule has 1 fully saturated rings. The van der Waals surface area contributed by atoms with Crippen LogP contribution in [0.5, 0.6) is 0 Å². The molecular weight excluding hydrogens is 236 g/mol. The summed E-state index contributed by atoms with van der Waals surface area (Å²) in [5.74, 6) is -1.36. The van der Waals surface area contributed by atoms with Crippen molar-refractivity contribution in [2.75, 3.05) is 19.7 Å². The van der Waals surface area contributed by atoms with Crippen molar-refractivity contribution in [2.24, 2.45) is 0 Å². The molecule has 0 saturated carbocycles. The van der Waals surface area contributed by atoms with Crippen molar-refractivity contribution in [3.8, 4) is 0 Å². The van der Waals surface area contributed by atoms with Gasteiger partial charge in [0, 0.05) is 20.1 Å². The van der Waals surface area contributed by atoms with Crippen LogP contribution in [0.3, 0.4) is 0 Å². The number of carboxylic acid groups (broad SMARTS) is 1. The van der Waals surface area contributed by atoms with Gasteiger partial charge >= 0.3 is 5.97 Å². The van der Waals surface area contributed by atoms with E-state index in [1.807, 2.05) is 0 Å². The molecule has 6 nitrogen and oxygen atoms in total. The third-order valence-electron chi connectivity index (χ3n) is 2.94. The molecule has 1 saturated heterocycles. The van der Waals surface area contributed by atoms with Gasteiger partial charge in [-0.3, -0.25) is 4.79 Å². The lowest BCUT2D eigenvalue weighted by Crippen LogP contribution is -2.46. The molecule has 3 N–H and O–H groups in total. The van der Waals surface area contributed by atoms with Gasteiger partial charge < -0.3 is 20.5 Å². The minimum Gasteiger partial charge on any atom is -0.480 e. The number of carboxylic acids is 1. The van der Waals surface area contributed by atoms with E-state index in [1.54, 1.807) is 0 Å². The van der Waals surface area contributed by atoms with Gasteiger partial charge in [0.1, 0.15) is 6.04 Å². The molecule has 0 aliphatic carbocycles. The molecule has 6 heteroatoms. The third-order valence-corrected chi connectivity index (χ3v) is 2.94. The molecule has 2 atom stereocenters. The average Bonchev–Trinajstić information content (AvgIpc) is 2.33. The van der Waals surface area contributed by atoms with Crippen LogP contribution in [-0.4, -0.2) is 48.8 Å². The highest BCUT2D eigenvalue weighted by Gasteiger charge is 2.18. The first-order valence-corrected chi connectivity index (χ1v) is 6.42. The van der Waals surface area contributed by atoms with Crippen LogP contribution in [0.2, 0.25) is 0 Å². The minimum absolute atomic E-state index is 0.238. The summed E-state index contributed by atoms with van der Waals surface area (Å²) in [7, 11) is 0. The minimum atomic E-state index is -1.02. The molecule has 0 bridgehead atoms. The Bertz CT molecular complexity index is 277. The van der Waals surface area contributed by atoms with Crippen LogP contribution in [0.1, 0.15) is 32.6 Å². The van der Waals surface area contributed by atoms with E-state index < -0.39 is 12.0 Å². The summed E-state index contributed by atoms with van der Waals surface area (Å²) < 4.78 is 5.57. The number of carbonyl (C=O) groups excluding carboxylic acids is 1. The van der Waals surface area contributed by atoms with Gasteiger partial charge in [-0.15, -0.1) is 0 Å². The van der Waals surface area contributed by atoms with Crippen molar-refractivity contribution < 1.29 is 19.4 Å². The molecule has 1 aliphatic rings. The van der Waals surface area contributed by atoms with Crippen molar-refractivity contribution in [3.63, 3.8) is 0 Å². The van der Waals surface area contributed by atoms with E-state index >= 15 is 0 Å². The van der Waals surface area contributed by atoms with Gasteiger partial charge in [-0.2, -0.15) is 0 Å². The maximum atomic E-state index is 10.9. The molecule has 0 aromatic rings. The first-order chi connectivity index (χ1) is 8.59. The Kier molecular flexibility index (Phi) is 6.67. The van der Waals surface area contributed by atoms with E-state index in [1.165, 1.54) is 13.3 Å². The Balaban J connectivity index is 2.13. The number of carbonyl (C=O) groups is 2. The standard InChI is InChI=1S/C12H22N2O4/c1-9(15)14-11(12(16)17)8-13-6-5-10-4-2-3-7-18-10/h10-11,13H,2-8H2,1H3,(H,14,15)(H,16,17). The lowest BCUT2D eigenvalue weighted by molar-refractivity contribution is -0.141. The van der Waals surface area contributed by atoms with E-state index in [0.717, 1.165) is 25.9 Å². The van der Waals surface area contributed by atoms with E-state index in [2.05, 4.69) is 10.6 Å². The van der Waals surface area contributed by atoms with Gasteiger partial charge in [0.05, 0.1) is 6.10 Å². The zero-order chi connectivity index (χ0) is 13.4. The number of ether oxygens (including phenoxy) is 1. The monoisotopic (exact) mass is 258 g/mol. The van der Waals surface area contributed by atoms with Gasteiger partial charge in [0.25, 0.3) is 0 Å². The lowest BCUT2D eigenvalue weighted by Gasteiger charge is -2.23. The number of hydrogen-bond acceptors (Lipinski definition) is 4. The smallest absolute Gasteiger partial charge is 0.327 e. The lowest BCUT2D eigenvalue weighted by atomic mass is 10.1. The normalized spacial score (nSPS) is 21.3. The highest BCUT2D eigenvalue weighted by atomic mass is 16.5. The number of rotatable bonds is 7. The van der Waals surface area contributed by atoms with Crippen LogP contribution in [0.4, 0.5) is 0 Å². The highest BCUT2D eigenvalue weighted by molar-refractivity contribution is 5.82. The zero-order valence-electron chi connectivity index (χ0n) is 10.8. The molecule has 1 rings (SSSR count). The van der Waals surface area contributed by atoms with Crippen molar-refractivity contribution in [3.05, 3.63) is 0 Å². The maximum absolute atomic E-state index is 10.9. The van der Waals surface area contributed by atoms with Crippen LogP contribution in [0.25, 0.3) is 0 Å². The summed E-state index contributed by atoms with van der Waals surface area (Å²) in [5, 5.41) is 14.3. The predicted octanol–water partition coefficient (Wildman–Crippen LogP) is 0.124. The van der Waals surface area contributed by atoms with Crippen molar-refractivity contribution in [1.82, 2.24) is 10.6 Å². The highest BCUT2D eigenvalue weighted by Crippen LogP contribution is 2.14. The fraction of sp³-hybridized carbons (Fsp3) is 0.833. The Morgan fingerprint density at radius 3 is 2.78 bits per heavy atom. The van der Waals surface area contributed by atoms with Gasteiger partial charge in [0.2, 0.25) is 5.91 Å². The maximum Gasteiger partial charge on any atom is 0.327 e. The summed E-state index contributed by atoms with van der Waals surface area (Å²) in [6.07, 6.45) is 4.58. The van der Waals surface area contributed by atoms with Crippen molar-refractivity contribution in [1.29, 1.82) is 0 Å². The topological polar surface area (TPSA) is 87.7 Å². The first kappa shape index (κ1) is 14.9. The molecule has 18 heavy (non-hydrogen) atoms. The number of amides is 1. The molecular formula is C12H22N2O4. The molecule has 1 aliphatic heterocycles. The first-order valence-electron chi connectivity index (χ1n) is 6.42. The molecule has 104 valence electrons. The summed E-state index contributed by atoms with van der Waals surface area (Å²) in [6.45, 7) is 3.08. The van der Waals surface area contributed by atoms with Gasteiger partial charge in [-0.05, 0) is 32.2 Å². The zero-order valence-corrected chi connectivity index (χ0v) is 10.8. The second-order valence-corrected chi connectivity index (χ2v) is 4.57. The van der Waals surface area contributed by atoms with E-state index in [4.69, 9.17) is 9.84 Å². The Labute approximate surface area is 107 Å². The van der Waals surface area contributed by atoms with Crippen LogP contribution in [-0.2, 0) is 14.3 Å². The van der Waals surface area contributed by atoms with Crippen LogP contribution < -0.4 is 10.6 Å². The van der Waals surface area contributed by atoms with Crippen molar-refractivity contribution >= 4 is 11.9 Å². The SMILES string of the molecule is CC(=O)NC(CNCCC1CCCCO1)C(=O)O. The number of nitrogens with one attached hydrogen (secondary N) is 2. The fourth-order valence-electron chi connectivity index (χ4n) is 1.99. The van der Waals surface area contributed by atoms with E-state index in [0.29, 0.717) is 6.54 Å². The number of aliphatic carboxylic acids is 1. The van der Waals surface area contributed by atoms with E-state index in [9.17, 15) is 9.59 Å². The van der Waals surface area contributed by atoms with Crippen LogP contribution in [0, 0.1) is 0 Å². The average molecular weight is 258 g/mol. The molecule has 0 spiro atoms. The quantitative estimate of drug-likeness (QED) is 0.565. The molecule has 0 aromatic carbocycles. The molecule has 0 radical (unpaired) electrons. The Morgan fingerprint density at radius 2 is 2.22 bits per heavy atom. The third kappa shape index (κ3) is 5.97. The van der Waals surface area contributed by atoms with Gasteiger partial charge in [0.15, 0.2) is 0 Å². The number of hydrogen-bond donors (Lipinski definition) is 3. The fourth-order valence-corrected chi connectivity index (χ4v) is 1.99. The van der Waals surface area contributed by atoms with Gasteiger partial charge in [-0.25, -0.2) is 4.79 Å². The Hall–Kier alpha value is -1.14. The summed E-state index contributed by atoms with van der Waals surface area (Å²) >= 11 is 0. The summed E-state index contributed by atoms with van der Waals surface area (Å²) in [6, 6.07) is -0.866. The Morgan fingerprint density at radius 1 is 1.44 bits per heavy atom. The summed E-state index contributed by atoms with van der Waals surface area (Å²) in [5.41, 5.74) is 0. The van der Waals surface area contributed by atoms with Crippen LogP contribution in [0.15, 0.2) is 0 Å². The second kappa shape index (κ2) is 8.05. The molecule has 1 heterocycles. The van der Waals surface area contributed by atoms with Gasteiger partial charge in [-0.1, -0.05) is 0 Å². The van der Waals surface area contributed by atoms with E-state index in [-0.39, 0.29) is 18.6 Å². The largest absolute Gasteiger partial charge is 0.480 e. The second-order valence-electron chi connectivity index (χ2n) is 4.57. The molecule has 0 aromatic heterocycles. The predicted molar refractivity (Wildman–Crippen MR) is 66.3 cm³/mol. The van der Waals surface area contributed by atoms with Crippen LogP contribution >= 0.6 is 0 Å². The van der Waals surface area contributed by atoms with Crippen molar-refractivity contribution in [2.45, 2.75) is 44.8 Å². The molecule has 1 amide bonds.